The summed E-state index contributed by atoms with van der Waals surface area (Å²) in [6.07, 6.45) is 6.74. The highest BCUT2D eigenvalue weighted by atomic mass is 16.5. The van der Waals surface area contributed by atoms with E-state index in [4.69, 9.17) is 4.74 Å². The Morgan fingerprint density at radius 3 is 2.52 bits per heavy atom. The van der Waals surface area contributed by atoms with Crippen LogP contribution in [-0.2, 0) is 0 Å². The number of anilines is 2. The number of nitrogens with one attached hydrogen (secondary N) is 1. The van der Waals surface area contributed by atoms with Gasteiger partial charge in [-0.05, 0) is 32.6 Å². The zero-order valence-corrected chi connectivity index (χ0v) is 13.6. The summed E-state index contributed by atoms with van der Waals surface area (Å²) in [6, 6.07) is 0.384. The Bertz CT molecular complexity index is 446. The Balaban J connectivity index is 2.08. The molecule has 1 saturated carbocycles. The highest BCUT2D eigenvalue weighted by Crippen LogP contribution is 2.25. The van der Waals surface area contributed by atoms with Crippen LogP contribution in [0.4, 0.5) is 11.9 Å². The minimum Gasteiger partial charge on any atom is -0.461 e. The molecule has 0 amide bonds. The standard InChI is InChI=1S/C15H27N5O/c1-11(2)21-15-18-13(16-3)17-14(19-15)20(4)10-12-8-6-5-7-9-12/h11-12H,5-10H2,1-4H3,(H,16,17,18,19). The van der Waals surface area contributed by atoms with E-state index in [0.29, 0.717) is 17.9 Å². The number of hydrogen-bond donors (Lipinski definition) is 1. The normalized spacial score (nSPS) is 16.0. The van der Waals surface area contributed by atoms with Gasteiger partial charge in [0.2, 0.25) is 11.9 Å². The number of aromatic nitrogens is 3. The van der Waals surface area contributed by atoms with Crippen molar-refractivity contribution in [2.24, 2.45) is 5.92 Å². The van der Waals surface area contributed by atoms with Gasteiger partial charge in [-0.2, -0.15) is 15.0 Å². The van der Waals surface area contributed by atoms with Gasteiger partial charge in [-0.15, -0.1) is 0 Å². The molecule has 0 bridgehead atoms. The summed E-state index contributed by atoms with van der Waals surface area (Å²) in [7, 11) is 3.85. The van der Waals surface area contributed by atoms with Crippen molar-refractivity contribution in [2.75, 3.05) is 30.9 Å². The predicted molar refractivity (Wildman–Crippen MR) is 85.0 cm³/mol. The number of ether oxygens (including phenoxy) is 1. The van der Waals surface area contributed by atoms with Crippen molar-refractivity contribution in [3.8, 4) is 6.01 Å². The fourth-order valence-corrected chi connectivity index (χ4v) is 2.73. The zero-order valence-electron chi connectivity index (χ0n) is 13.6. The van der Waals surface area contributed by atoms with E-state index in [1.54, 1.807) is 7.05 Å². The first-order chi connectivity index (χ1) is 10.1. The molecule has 1 heterocycles. The zero-order chi connectivity index (χ0) is 15.2. The van der Waals surface area contributed by atoms with Crippen molar-refractivity contribution in [3.63, 3.8) is 0 Å². The molecule has 1 aromatic heterocycles. The van der Waals surface area contributed by atoms with E-state index < -0.39 is 0 Å². The summed E-state index contributed by atoms with van der Waals surface area (Å²) in [4.78, 5) is 15.2. The van der Waals surface area contributed by atoms with Crippen LogP contribution >= 0.6 is 0 Å². The third kappa shape index (κ3) is 4.72. The Morgan fingerprint density at radius 1 is 1.19 bits per heavy atom. The smallest absolute Gasteiger partial charge is 0.323 e. The molecule has 1 aromatic rings. The van der Waals surface area contributed by atoms with Crippen LogP contribution < -0.4 is 15.0 Å². The van der Waals surface area contributed by atoms with Gasteiger partial charge in [0.05, 0.1) is 6.10 Å². The Hall–Kier alpha value is -1.59. The summed E-state index contributed by atoms with van der Waals surface area (Å²) >= 11 is 0. The van der Waals surface area contributed by atoms with E-state index in [-0.39, 0.29) is 6.10 Å². The van der Waals surface area contributed by atoms with Crippen LogP contribution in [0.5, 0.6) is 6.01 Å². The van der Waals surface area contributed by atoms with Crippen LogP contribution in [-0.4, -0.2) is 41.7 Å². The van der Waals surface area contributed by atoms with Crippen LogP contribution in [0.1, 0.15) is 46.0 Å². The van der Waals surface area contributed by atoms with Crippen molar-refractivity contribution in [2.45, 2.75) is 52.1 Å². The number of rotatable bonds is 6. The third-order valence-electron chi connectivity index (χ3n) is 3.77. The molecule has 118 valence electrons. The predicted octanol–water partition coefficient (Wildman–Crippen LogP) is 2.72. The molecule has 1 aliphatic rings. The molecule has 2 rings (SSSR count). The lowest BCUT2D eigenvalue weighted by atomic mass is 9.89. The first-order valence-electron chi connectivity index (χ1n) is 7.90. The van der Waals surface area contributed by atoms with E-state index >= 15 is 0 Å². The molecule has 0 spiro atoms. The van der Waals surface area contributed by atoms with Gasteiger partial charge in [-0.1, -0.05) is 19.3 Å². The second-order valence-corrected chi connectivity index (χ2v) is 6.04. The van der Waals surface area contributed by atoms with Crippen molar-refractivity contribution in [3.05, 3.63) is 0 Å². The quantitative estimate of drug-likeness (QED) is 0.870. The number of nitrogens with zero attached hydrogens (tertiary/aromatic N) is 4. The van der Waals surface area contributed by atoms with E-state index in [9.17, 15) is 0 Å². The van der Waals surface area contributed by atoms with Gasteiger partial charge in [0.15, 0.2) is 0 Å². The molecule has 0 unspecified atom stereocenters. The largest absolute Gasteiger partial charge is 0.461 e. The molecule has 1 fully saturated rings. The van der Waals surface area contributed by atoms with Gasteiger partial charge in [0.25, 0.3) is 0 Å². The van der Waals surface area contributed by atoms with E-state index in [1.807, 2.05) is 20.9 Å². The second kappa shape index (κ2) is 7.43. The molecular formula is C15H27N5O. The molecule has 1 N–H and O–H groups in total. The van der Waals surface area contributed by atoms with Gasteiger partial charge >= 0.3 is 6.01 Å². The molecule has 0 aliphatic heterocycles. The van der Waals surface area contributed by atoms with Gasteiger partial charge in [0, 0.05) is 20.6 Å². The van der Waals surface area contributed by atoms with E-state index in [2.05, 4.69) is 25.2 Å². The van der Waals surface area contributed by atoms with E-state index in [0.717, 1.165) is 12.5 Å². The molecule has 0 saturated heterocycles. The van der Waals surface area contributed by atoms with Crippen molar-refractivity contribution < 1.29 is 4.74 Å². The average Bonchev–Trinajstić information content (AvgIpc) is 2.47. The molecule has 21 heavy (non-hydrogen) atoms. The molecule has 1 aliphatic carbocycles. The average molecular weight is 293 g/mol. The van der Waals surface area contributed by atoms with Gasteiger partial charge in [0.1, 0.15) is 0 Å². The number of hydrogen-bond acceptors (Lipinski definition) is 6. The Labute approximate surface area is 127 Å². The van der Waals surface area contributed by atoms with Crippen molar-refractivity contribution in [1.29, 1.82) is 0 Å². The summed E-state index contributed by atoms with van der Waals surface area (Å²) in [5.74, 6) is 1.97. The summed E-state index contributed by atoms with van der Waals surface area (Å²) in [6.45, 7) is 4.93. The topological polar surface area (TPSA) is 63.2 Å². The maximum atomic E-state index is 5.61. The molecule has 0 aromatic carbocycles. The van der Waals surface area contributed by atoms with Crippen LogP contribution in [0.25, 0.3) is 0 Å². The molecule has 0 radical (unpaired) electrons. The lowest BCUT2D eigenvalue weighted by Crippen LogP contribution is -2.28. The van der Waals surface area contributed by atoms with Gasteiger partial charge in [-0.25, -0.2) is 0 Å². The molecular weight excluding hydrogens is 266 g/mol. The fraction of sp³-hybridized carbons (Fsp3) is 0.800. The van der Waals surface area contributed by atoms with E-state index in [1.165, 1.54) is 32.1 Å². The SMILES string of the molecule is CNc1nc(OC(C)C)nc(N(C)CC2CCCCC2)n1. The van der Waals surface area contributed by atoms with Crippen LogP contribution in [0.15, 0.2) is 0 Å². The fourth-order valence-electron chi connectivity index (χ4n) is 2.73. The molecule has 6 nitrogen and oxygen atoms in total. The summed E-state index contributed by atoms with van der Waals surface area (Å²) in [5, 5.41) is 2.97. The maximum Gasteiger partial charge on any atom is 0.323 e. The molecule has 0 atom stereocenters. The van der Waals surface area contributed by atoms with Gasteiger partial charge < -0.3 is 15.0 Å². The maximum absolute atomic E-state index is 5.61. The van der Waals surface area contributed by atoms with Crippen molar-refractivity contribution >= 4 is 11.9 Å². The Morgan fingerprint density at radius 2 is 1.90 bits per heavy atom. The van der Waals surface area contributed by atoms with Crippen molar-refractivity contribution in [1.82, 2.24) is 15.0 Å². The lowest BCUT2D eigenvalue weighted by molar-refractivity contribution is 0.222. The molecule has 6 heteroatoms. The third-order valence-corrected chi connectivity index (χ3v) is 3.77. The highest BCUT2D eigenvalue weighted by molar-refractivity contribution is 5.37. The van der Waals surface area contributed by atoms with Crippen LogP contribution in [0, 0.1) is 5.92 Å². The Kier molecular flexibility index (Phi) is 5.59. The first-order valence-corrected chi connectivity index (χ1v) is 7.90. The van der Waals surface area contributed by atoms with Crippen LogP contribution in [0.2, 0.25) is 0 Å². The second-order valence-electron chi connectivity index (χ2n) is 6.04. The minimum atomic E-state index is 0.0496. The highest BCUT2D eigenvalue weighted by Gasteiger charge is 2.18. The first kappa shape index (κ1) is 15.8. The van der Waals surface area contributed by atoms with Gasteiger partial charge in [-0.3, -0.25) is 0 Å². The monoisotopic (exact) mass is 293 g/mol. The lowest BCUT2D eigenvalue weighted by Gasteiger charge is -2.27. The summed E-state index contributed by atoms with van der Waals surface area (Å²) < 4.78 is 5.61. The summed E-state index contributed by atoms with van der Waals surface area (Å²) in [5.41, 5.74) is 0. The minimum absolute atomic E-state index is 0.0496. The van der Waals surface area contributed by atoms with Crippen LogP contribution in [0.3, 0.4) is 0 Å².